The van der Waals surface area contributed by atoms with Crippen LogP contribution in [0.1, 0.15) is 6.42 Å². The molecule has 1 fully saturated rings. The number of nitrogens with two attached hydrogens (primary N) is 1. The molecule has 3 N–H and O–H groups in total. The minimum absolute atomic E-state index is 0.0108. The normalized spacial score (nSPS) is 22.4. The van der Waals surface area contributed by atoms with Gasteiger partial charge in [0.05, 0.1) is 0 Å². The second-order valence-corrected chi connectivity index (χ2v) is 11.0. The highest BCUT2D eigenvalue weighted by Crippen LogP contribution is 2.24. The zero-order valence-electron chi connectivity index (χ0n) is 8.62. The van der Waals surface area contributed by atoms with Crippen molar-refractivity contribution in [2.75, 3.05) is 6.54 Å². The lowest BCUT2D eigenvalue weighted by Crippen LogP contribution is -2.44. The van der Waals surface area contributed by atoms with E-state index in [1.807, 2.05) is 0 Å². The quantitative estimate of drug-likeness (QED) is 0.504. The van der Waals surface area contributed by atoms with Gasteiger partial charge < -0.3 is 11.2 Å². The van der Waals surface area contributed by atoms with E-state index in [9.17, 15) is 16.8 Å². The predicted octanol–water partition coefficient (Wildman–Crippen LogP) is -0.0796. The fraction of sp³-hybridized carbons (Fsp3) is 0.800. The lowest BCUT2D eigenvalue weighted by Gasteiger charge is -2.20. The van der Waals surface area contributed by atoms with Crippen molar-refractivity contribution in [1.29, 1.82) is 0 Å². The summed E-state index contributed by atoms with van der Waals surface area (Å²) in [5.41, 5.74) is 7.82. The van der Waals surface area contributed by atoms with Gasteiger partial charge in [-0.2, -0.15) is 5.01 Å². The number of nitrogens with zero attached hydrogens (tertiary/aromatic N) is 1. The first-order valence-corrected chi connectivity index (χ1v) is 10.4. The predicted molar refractivity (Wildman–Crippen MR) is 76.0 cm³/mol. The molecular weight excluding hydrogens is 365 g/mol. The molecule has 1 heterocycles. The zero-order chi connectivity index (χ0) is 14.1. The van der Waals surface area contributed by atoms with E-state index in [1.54, 1.807) is 0 Å². The van der Waals surface area contributed by atoms with Gasteiger partial charge in [-0.1, -0.05) is 24.0 Å². The van der Waals surface area contributed by atoms with E-state index in [-0.39, 0.29) is 13.0 Å². The Morgan fingerprint density at radius 3 is 2.22 bits per heavy atom. The Kier molecular flexibility index (Phi) is 5.52. The Labute approximate surface area is 123 Å². The first kappa shape index (κ1) is 16.7. The van der Waals surface area contributed by atoms with Crippen LogP contribution in [-0.4, -0.2) is 42.8 Å². The van der Waals surface area contributed by atoms with E-state index in [1.165, 1.54) is 5.01 Å². The molecule has 1 atom stereocenters. The Morgan fingerprint density at radius 2 is 1.89 bits per heavy atom. The van der Waals surface area contributed by atoms with E-state index in [2.05, 4.69) is 5.43 Å². The van der Waals surface area contributed by atoms with Crippen molar-refractivity contribution in [3.8, 4) is 0 Å². The molecule has 0 bridgehead atoms. The Hall–Kier alpha value is 0.640. The van der Waals surface area contributed by atoms with Gasteiger partial charge in [-0.05, 0) is 6.42 Å². The molecule has 0 radical (unpaired) electrons. The highest BCUT2D eigenvalue weighted by molar-refractivity contribution is 8.29. The highest BCUT2D eigenvalue weighted by Gasteiger charge is 2.36. The van der Waals surface area contributed by atoms with Crippen LogP contribution in [0.2, 0.25) is 0 Å². The standard InChI is InChI=1S/C5H9Cl2N3O4S4/c6-17(11,12)3(18(7,13)14)1-2-10-4(8)16-5(15)9-10/h3-4H,1-2,8H2,(H,9,15). The van der Waals surface area contributed by atoms with Gasteiger partial charge in [-0.3, -0.25) is 0 Å². The van der Waals surface area contributed by atoms with Crippen molar-refractivity contribution < 1.29 is 16.8 Å². The third-order valence-electron chi connectivity index (χ3n) is 2.00. The zero-order valence-corrected chi connectivity index (χ0v) is 13.4. The molecule has 0 aromatic rings. The van der Waals surface area contributed by atoms with Gasteiger partial charge >= 0.3 is 0 Å². The van der Waals surface area contributed by atoms with E-state index < -0.39 is 28.2 Å². The molecule has 1 aliphatic rings. The summed E-state index contributed by atoms with van der Waals surface area (Å²) in [6, 6.07) is 0. The number of halogens is 2. The molecule has 13 heteroatoms. The van der Waals surface area contributed by atoms with E-state index >= 15 is 0 Å². The van der Waals surface area contributed by atoms with Crippen LogP contribution < -0.4 is 11.2 Å². The van der Waals surface area contributed by atoms with Crippen molar-refractivity contribution in [2.45, 2.75) is 16.5 Å². The molecule has 0 aliphatic carbocycles. The van der Waals surface area contributed by atoms with Crippen LogP contribution >= 0.6 is 45.3 Å². The second-order valence-electron chi connectivity index (χ2n) is 3.27. The number of nitrogens with one attached hydrogen (secondary N) is 1. The van der Waals surface area contributed by atoms with E-state index in [0.717, 1.165) is 11.8 Å². The van der Waals surface area contributed by atoms with Crippen LogP contribution in [-0.2, 0) is 18.1 Å². The minimum Gasteiger partial charge on any atom is -0.305 e. The molecule has 0 amide bonds. The van der Waals surface area contributed by atoms with Crippen LogP contribution in [0.3, 0.4) is 0 Å². The molecular formula is C5H9Cl2N3O4S4. The largest absolute Gasteiger partial charge is 0.305 e. The van der Waals surface area contributed by atoms with Crippen molar-refractivity contribution >= 4 is 67.8 Å². The number of hydrazine groups is 1. The van der Waals surface area contributed by atoms with Gasteiger partial charge in [0.1, 0.15) is 5.50 Å². The molecule has 18 heavy (non-hydrogen) atoms. The smallest absolute Gasteiger partial charge is 0.251 e. The summed E-state index contributed by atoms with van der Waals surface area (Å²) in [5, 5.41) is 1.41. The van der Waals surface area contributed by atoms with Crippen LogP contribution in [0.5, 0.6) is 0 Å². The topological polar surface area (TPSA) is 110 Å². The third kappa shape index (κ3) is 4.63. The van der Waals surface area contributed by atoms with Crippen molar-refractivity contribution in [1.82, 2.24) is 10.4 Å². The Morgan fingerprint density at radius 1 is 1.39 bits per heavy atom. The van der Waals surface area contributed by atoms with Gasteiger partial charge in [0.25, 0.3) is 18.1 Å². The lowest BCUT2D eigenvalue weighted by molar-refractivity contribution is 0.233. The summed E-state index contributed by atoms with van der Waals surface area (Å²) in [7, 11) is 1.43. The minimum atomic E-state index is -4.33. The fourth-order valence-electron chi connectivity index (χ4n) is 1.23. The van der Waals surface area contributed by atoms with Gasteiger partial charge in [-0.15, -0.1) is 0 Å². The molecule has 1 aliphatic heterocycles. The monoisotopic (exact) mass is 373 g/mol. The van der Waals surface area contributed by atoms with Crippen molar-refractivity contribution in [3.05, 3.63) is 0 Å². The summed E-state index contributed by atoms with van der Waals surface area (Å²) in [6.45, 7) is 0.0108. The molecule has 0 spiro atoms. The van der Waals surface area contributed by atoms with Gasteiger partial charge in [0.2, 0.25) is 0 Å². The van der Waals surface area contributed by atoms with Crippen molar-refractivity contribution in [2.24, 2.45) is 5.73 Å². The summed E-state index contributed by atoms with van der Waals surface area (Å²) in [5.74, 6) is 0. The number of thioether (sulfide) groups is 1. The number of hydrogen-bond donors (Lipinski definition) is 2. The first-order valence-electron chi connectivity index (χ1n) is 4.38. The summed E-state index contributed by atoms with van der Waals surface area (Å²) in [6.07, 6.45) is -0.318. The van der Waals surface area contributed by atoms with Crippen LogP contribution in [0.15, 0.2) is 0 Å². The van der Waals surface area contributed by atoms with Crippen molar-refractivity contribution in [3.63, 3.8) is 0 Å². The second kappa shape index (κ2) is 5.95. The molecule has 106 valence electrons. The summed E-state index contributed by atoms with van der Waals surface area (Å²) >= 11 is 6.00. The van der Waals surface area contributed by atoms with Crippen LogP contribution in [0.25, 0.3) is 0 Å². The van der Waals surface area contributed by atoms with Gasteiger partial charge in [0.15, 0.2) is 8.90 Å². The molecule has 0 saturated carbocycles. The average Bonchev–Trinajstić information content (AvgIpc) is 2.40. The average molecular weight is 374 g/mol. The lowest BCUT2D eigenvalue weighted by atomic mass is 10.5. The molecule has 1 saturated heterocycles. The van der Waals surface area contributed by atoms with Crippen LogP contribution in [0, 0.1) is 0 Å². The summed E-state index contributed by atoms with van der Waals surface area (Å²) < 4.78 is 43.0. The third-order valence-corrected chi connectivity index (χ3v) is 8.36. The van der Waals surface area contributed by atoms with E-state index in [4.69, 9.17) is 39.3 Å². The maximum Gasteiger partial charge on any atom is 0.251 e. The maximum absolute atomic E-state index is 11.1. The Bertz CT molecular complexity index is 503. The highest BCUT2D eigenvalue weighted by atomic mass is 35.7. The van der Waals surface area contributed by atoms with Gasteiger partial charge in [-0.25, -0.2) is 16.8 Å². The van der Waals surface area contributed by atoms with Gasteiger partial charge in [0, 0.05) is 27.9 Å². The van der Waals surface area contributed by atoms with Crippen LogP contribution in [0.4, 0.5) is 0 Å². The number of rotatable bonds is 5. The maximum atomic E-state index is 11.1. The molecule has 7 nitrogen and oxygen atoms in total. The Balaban J connectivity index is 2.73. The van der Waals surface area contributed by atoms with E-state index in [0.29, 0.717) is 4.32 Å². The summed E-state index contributed by atoms with van der Waals surface area (Å²) in [4.78, 5) is 0. The number of thiocarbonyl (C=S) groups is 1. The molecule has 0 aromatic heterocycles. The molecule has 1 rings (SSSR count). The number of hydrogen-bond acceptors (Lipinski definition) is 8. The molecule has 0 aromatic carbocycles. The SMILES string of the molecule is NC1SC(=S)NN1CCC(S(=O)(=O)Cl)S(=O)(=O)Cl. The fourth-order valence-corrected chi connectivity index (χ4v) is 6.78. The first-order chi connectivity index (χ1) is 8.01. The molecule has 1 unspecified atom stereocenters.